The van der Waals surface area contributed by atoms with Crippen LogP contribution in [0.25, 0.3) is 33.7 Å². The van der Waals surface area contributed by atoms with E-state index in [0.717, 1.165) is 79.1 Å². The Morgan fingerprint density at radius 3 is 1.99 bits per heavy atom. The van der Waals surface area contributed by atoms with E-state index in [1.165, 1.54) is 17.3 Å². The molecule has 3 aromatic rings. The number of allylic oxidation sites excluding steroid dienone is 1. The Hall–Kier alpha value is -3.64. The minimum atomic E-state index is -1.53. The average molecular weight is 983 g/mol. The number of aromatic amines is 2. The van der Waals surface area contributed by atoms with Crippen molar-refractivity contribution in [2.24, 2.45) is 0 Å². The molecule has 69 heavy (non-hydrogen) atoms. The number of nitrogens with zero attached hydrogens (tertiary/aromatic N) is 2. The predicted molar refractivity (Wildman–Crippen MR) is 259 cm³/mol. The molecular weight excluding hydrogens is 913 g/mol. The van der Waals surface area contributed by atoms with E-state index in [1.807, 2.05) is 6.92 Å². The number of ether oxygens (including phenoxy) is 5. The fourth-order valence-electron chi connectivity index (χ4n) is 9.75. The van der Waals surface area contributed by atoms with Crippen LogP contribution in [0.4, 0.5) is 0 Å². The Labute approximate surface area is 406 Å². The lowest BCUT2D eigenvalue weighted by atomic mass is 9.86. The second kappa shape index (κ2) is 23.3. The highest BCUT2D eigenvalue weighted by atomic mass is 32.2. The van der Waals surface area contributed by atoms with Gasteiger partial charge in [0.1, 0.15) is 48.8 Å². The van der Waals surface area contributed by atoms with Gasteiger partial charge in [-0.3, -0.25) is 9.78 Å². The molecule has 18 nitrogen and oxygen atoms in total. The van der Waals surface area contributed by atoms with Crippen molar-refractivity contribution >= 4 is 50.6 Å². The van der Waals surface area contributed by atoms with E-state index in [1.54, 1.807) is 0 Å². The summed E-state index contributed by atoms with van der Waals surface area (Å²) in [5.41, 5.74) is 13.4. The first-order valence-corrected chi connectivity index (χ1v) is 25.0. The SMILES string of the molecule is CCc1c(C)c2cc3[nH]c(cc4nc(c(C)c5nc(cc1[nH]2)C(C)=C5)[C@@H](CCC(=O)SCCCO[C@@H]1O[C@H](CO)[C@@H](O)[C@H](O)[C@H]1O)[C@@H]4C)c(C)c3C(C)OCCCO[C@@H]1O[C@H](CO)[C@@H](O)[C@H](O)[C@H]1O. The highest BCUT2D eigenvalue weighted by molar-refractivity contribution is 8.13. The van der Waals surface area contributed by atoms with Crippen molar-refractivity contribution in [1.82, 2.24) is 19.9 Å². The summed E-state index contributed by atoms with van der Waals surface area (Å²) in [4.78, 5) is 31.3. The quantitative estimate of drug-likeness (QED) is 0.0812. The minimum Gasteiger partial charge on any atom is -0.394 e. The van der Waals surface area contributed by atoms with Crippen LogP contribution >= 0.6 is 11.8 Å². The Balaban J connectivity index is 1.12. The van der Waals surface area contributed by atoms with Gasteiger partial charge in [0.05, 0.1) is 43.9 Å². The van der Waals surface area contributed by atoms with Crippen LogP contribution in [0, 0.1) is 20.8 Å². The Bertz CT molecular complexity index is 2470. The first-order chi connectivity index (χ1) is 33.0. The predicted octanol–water partition coefficient (Wildman–Crippen LogP) is 3.78. The monoisotopic (exact) mass is 982 g/mol. The summed E-state index contributed by atoms with van der Waals surface area (Å²) < 4.78 is 28.7. The number of rotatable bonds is 18. The molecule has 2 saturated heterocycles. The summed E-state index contributed by atoms with van der Waals surface area (Å²) in [6.45, 7) is 14.0. The Morgan fingerprint density at radius 2 is 1.36 bits per heavy atom. The largest absolute Gasteiger partial charge is 0.394 e. The molecule has 380 valence electrons. The van der Waals surface area contributed by atoms with E-state index in [2.05, 4.69) is 75.8 Å². The molecule has 13 atom stereocenters. The Kier molecular flexibility index (Phi) is 17.9. The number of fused-ring (bicyclic) bond motifs is 8. The highest BCUT2D eigenvalue weighted by Gasteiger charge is 2.45. The second-order valence-electron chi connectivity index (χ2n) is 18.6. The fraction of sp³-hybridized carbons (Fsp3) is 0.620. The minimum absolute atomic E-state index is 0.0219. The van der Waals surface area contributed by atoms with Crippen LogP contribution in [0.1, 0.15) is 122 Å². The number of aliphatic hydroxyl groups excluding tert-OH is 8. The second-order valence-corrected chi connectivity index (χ2v) is 19.8. The third-order valence-corrected chi connectivity index (χ3v) is 15.0. The van der Waals surface area contributed by atoms with Gasteiger partial charge in [-0.1, -0.05) is 25.6 Å². The first-order valence-electron chi connectivity index (χ1n) is 24.0. The standard InChI is InChI=1S/C50H70N4O14S/c1-8-29-24(3)33-20-37-41(28(7)64-13-9-14-65-49-47(62)45(60)43(58)38(21-55)67-49)26(5)35(53-37)19-34-25(4)30(42(54-34)27(6)32-17-23(2)31(51-32)18-36(29)52-33)11-12-40(57)69-16-10-15-66-50-48(63)46(61)44(59)39(22-56)68-50/h17-20,25,28,30,38-39,43-50,52-53,55-56,58-63H,8-16,21-22H2,1-7H3/t25-,28?,30-,38+,39+,43+,44+,45-,46-,47+,48+,49+,50+/m0/s1. The molecule has 0 aliphatic carbocycles. The summed E-state index contributed by atoms with van der Waals surface area (Å²) in [5, 5.41) is 80.2. The lowest BCUT2D eigenvalue weighted by molar-refractivity contribution is -0.301. The van der Waals surface area contributed by atoms with Gasteiger partial charge in [-0.2, -0.15) is 0 Å². The zero-order chi connectivity index (χ0) is 49.8. The van der Waals surface area contributed by atoms with Gasteiger partial charge in [-0.25, -0.2) is 4.98 Å². The van der Waals surface area contributed by atoms with Gasteiger partial charge in [0.15, 0.2) is 17.7 Å². The third kappa shape index (κ3) is 11.5. The van der Waals surface area contributed by atoms with Gasteiger partial charge in [-0.05, 0) is 112 Å². The molecule has 2 fully saturated rings. The van der Waals surface area contributed by atoms with Crippen molar-refractivity contribution in [2.75, 3.05) is 38.8 Å². The Morgan fingerprint density at radius 1 is 0.754 bits per heavy atom. The molecular formula is C50H70N4O14S. The molecule has 19 heteroatoms. The molecule has 7 rings (SSSR count). The number of carbonyl (C=O) groups is 1. The van der Waals surface area contributed by atoms with Gasteiger partial charge in [0, 0.05) is 69.6 Å². The number of hydrogen-bond donors (Lipinski definition) is 10. The van der Waals surface area contributed by atoms with E-state index < -0.39 is 74.6 Å². The maximum absolute atomic E-state index is 13.4. The van der Waals surface area contributed by atoms with Crippen LogP contribution in [0.15, 0.2) is 18.2 Å². The molecule has 0 radical (unpaired) electrons. The average Bonchev–Trinajstić information content (AvgIpc) is 4.04. The molecule has 1 unspecified atom stereocenters. The highest BCUT2D eigenvalue weighted by Crippen LogP contribution is 2.43. The zero-order valence-electron chi connectivity index (χ0n) is 40.4. The van der Waals surface area contributed by atoms with Crippen LogP contribution in [0.3, 0.4) is 0 Å². The normalized spacial score (nSPS) is 28.8. The van der Waals surface area contributed by atoms with Crippen LogP contribution in [0.2, 0.25) is 0 Å². The summed E-state index contributed by atoms with van der Waals surface area (Å²) in [6.07, 6.45) is -9.23. The molecule has 0 aromatic carbocycles. The smallest absolute Gasteiger partial charge is 0.188 e. The van der Waals surface area contributed by atoms with Crippen molar-refractivity contribution in [1.29, 1.82) is 0 Å². The molecule has 4 aliphatic heterocycles. The van der Waals surface area contributed by atoms with Crippen molar-refractivity contribution in [3.8, 4) is 0 Å². The van der Waals surface area contributed by atoms with E-state index in [9.17, 15) is 45.6 Å². The van der Waals surface area contributed by atoms with Gasteiger partial charge >= 0.3 is 0 Å². The molecule has 10 N–H and O–H groups in total. The maximum atomic E-state index is 13.4. The fourth-order valence-corrected chi connectivity index (χ4v) is 10.5. The third-order valence-electron chi connectivity index (χ3n) is 14.0. The molecule has 3 aromatic heterocycles. The van der Waals surface area contributed by atoms with Crippen LogP contribution in [-0.4, -0.2) is 166 Å². The summed E-state index contributed by atoms with van der Waals surface area (Å²) in [6, 6.07) is 6.33. The number of carbonyl (C=O) groups excluding carboxylic acids is 1. The van der Waals surface area contributed by atoms with Gasteiger partial charge < -0.3 is 74.5 Å². The van der Waals surface area contributed by atoms with E-state index in [0.29, 0.717) is 38.0 Å². The van der Waals surface area contributed by atoms with Crippen LogP contribution in [0.5, 0.6) is 0 Å². The summed E-state index contributed by atoms with van der Waals surface area (Å²) in [5.74, 6) is 0.327. The lowest BCUT2D eigenvalue weighted by Crippen LogP contribution is -2.59. The molecule has 8 bridgehead atoms. The van der Waals surface area contributed by atoms with E-state index in [4.69, 9.17) is 33.7 Å². The summed E-state index contributed by atoms with van der Waals surface area (Å²) in [7, 11) is 0. The maximum Gasteiger partial charge on any atom is 0.188 e. The molecule has 7 heterocycles. The van der Waals surface area contributed by atoms with Crippen LogP contribution < -0.4 is 0 Å². The summed E-state index contributed by atoms with van der Waals surface area (Å²) >= 11 is 1.20. The van der Waals surface area contributed by atoms with Crippen molar-refractivity contribution in [2.45, 2.75) is 160 Å². The van der Waals surface area contributed by atoms with Crippen molar-refractivity contribution in [3.63, 3.8) is 0 Å². The van der Waals surface area contributed by atoms with Crippen LogP contribution in [-0.2, 0) is 34.9 Å². The van der Waals surface area contributed by atoms with Gasteiger partial charge in [0.25, 0.3) is 0 Å². The lowest BCUT2D eigenvalue weighted by Gasteiger charge is -2.39. The molecule has 0 amide bonds. The van der Waals surface area contributed by atoms with Gasteiger partial charge in [0.2, 0.25) is 0 Å². The number of thioether (sulfide) groups is 1. The number of hydrogen-bond acceptors (Lipinski definition) is 17. The van der Waals surface area contributed by atoms with E-state index >= 15 is 0 Å². The molecule has 4 aliphatic rings. The number of nitrogens with one attached hydrogen (secondary N) is 2. The van der Waals surface area contributed by atoms with Crippen molar-refractivity contribution in [3.05, 3.63) is 68.8 Å². The van der Waals surface area contributed by atoms with Crippen molar-refractivity contribution < 1.29 is 69.3 Å². The molecule has 0 saturated carbocycles. The number of aliphatic hydroxyl groups is 8. The number of aryl methyl sites for hydroxylation is 3. The van der Waals surface area contributed by atoms with E-state index in [-0.39, 0.29) is 36.3 Å². The zero-order valence-corrected chi connectivity index (χ0v) is 41.2. The number of H-pyrrole nitrogens is 2. The first kappa shape index (κ1) is 53.2. The number of aromatic nitrogens is 4. The van der Waals surface area contributed by atoms with Gasteiger partial charge in [-0.15, -0.1) is 0 Å². The molecule has 0 spiro atoms. The topological polar surface area (TPSA) is 282 Å².